The average molecular weight is 324 g/mol. The van der Waals surface area contributed by atoms with Crippen molar-refractivity contribution in [2.75, 3.05) is 0 Å². The first kappa shape index (κ1) is 12.9. The van der Waals surface area contributed by atoms with Crippen LogP contribution in [0.1, 0.15) is 5.56 Å². The number of pyridine rings is 2. The Kier molecular flexibility index (Phi) is 2.34. The van der Waals surface area contributed by atoms with E-state index < -0.39 is 0 Å². The van der Waals surface area contributed by atoms with Gasteiger partial charge in [-0.2, -0.15) is 4.40 Å². The summed E-state index contributed by atoms with van der Waals surface area (Å²) in [5.74, 6) is 1.21. The number of aromatic nitrogens is 5. The predicted octanol–water partition coefficient (Wildman–Crippen LogP) is 2.99. The molecule has 5 heteroatoms. The Morgan fingerprint density at radius 1 is 0.880 bits per heavy atom. The summed E-state index contributed by atoms with van der Waals surface area (Å²) < 4.78 is 6.91. The molecule has 0 atom stereocenters. The van der Waals surface area contributed by atoms with Crippen LogP contribution in [0.2, 0.25) is 0 Å². The number of hydrogen-bond acceptors (Lipinski definition) is 2. The first-order valence-electron chi connectivity index (χ1n) is 8.30. The van der Waals surface area contributed by atoms with Gasteiger partial charge in [-0.05, 0) is 18.2 Å². The molecule has 5 aromatic rings. The summed E-state index contributed by atoms with van der Waals surface area (Å²) in [6, 6.07) is 14.6. The molecule has 0 aliphatic carbocycles. The van der Waals surface area contributed by atoms with Gasteiger partial charge in [0.15, 0.2) is 11.7 Å². The van der Waals surface area contributed by atoms with E-state index >= 15 is 0 Å². The van der Waals surface area contributed by atoms with Gasteiger partial charge in [-0.15, -0.1) is 0 Å². The number of fused-ring (bicyclic) bond motifs is 7. The third kappa shape index (κ3) is 1.59. The molecule has 5 nitrogen and oxygen atoms in total. The van der Waals surface area contributed by atoms with E-state index in [1.807, 2.05) is 30.9 Å². The van der Waals surface area contributed by atoms with Gasteiger partial charge in [0, 0.05) is 35.9 Å². The Balaban J connectivity index is 1.81. The lowest BCUT2D eigenvalue weighted by atomic mass is 10.2. The van der Waals surface area contributed by atoms with Crippen LogP contribution < -0.4 is 4.57 Å². The normalized spacial score (nSPS) is 12.6. The van der Waals surface area contributed by atoms with Gasteiger partial charge in [-0.3, -0.25) is 14.5 Å². The molecule has 1 aliphatic rings. The first-order chi connectivity index (χ1) is 12.4. The average Bonchev–Trinajstić information content (AvgIpc) is 3.28. The number of benzene rings is 1. The highest BCUT2D eigenvalue weighted by atomic mass is 15.2. The number of hydrogen-bond donors (Lipinski definition) is 0. The Hall–Kier alpha value is -3.47. The molecule has 0 amide bonds. The second-order valence-electron chi connectivity index (χ2n) is 6.34. The summed E-state index contributed by atoms with van der Waals surface area (Å²) in [5.41, 5.74) is 7.07. The Bertz CT molecular complexity index is 1260. The third-order valence-corrected chi connectivity index (χ3v) is 4.97. The van der Waals surface area contributed by atoms with Crippen LogP contribution >= 0.6 is 0 Å². The lowest BCUT2D eigenvalue weighted by molar-refractivity contribution is -0.670. The van der Waals surface area contributed by atoms with Gasteiger partial charge in [-0.25, -0.2) is 4.57 Å². The van der Waals surface area contributed by atoms with Crippen molar-refractivity contribution < 1.29 is 4.57 Å². The molecule has 1 aromatic carbocycles. The zero-order valence-corrected chi connectivity index (χ0v) is 13.4. The summed E-state index contributed by atoms with van der Waals surface area (Å²) in [5, 5.41) is 0. The largest absolute Gasteiger partial charge is 0.296 e. The van der Waals surface area contributed by atoms with Gasteiger partial charge in [-0.1, -0.05) is 18.2 Å². The van der Waals surface area contributed by atoms with Gasteiger partial charge in [0.25, 0.3) is 11.5 Å². The van der Waals surface area contributed by atoms with E-state index in [4.69, 9.17) is 0 Å². The molecule has 1 aliphatic heterocycles. The lowest BCUT2D eigenvalue weighted by Gasteiger charge is -2.02. The SMILES string of the molecule is c1ccc(-n2c3cnccc3n3c4[n+](cc23)Cc2cnccc2-4)cc1. The van der Waals surface area contributed by atoms with Crippen LogP contribution in [0, 0.1) is 0 Å². The second kappa shape index (κ2) is 4.54. The predicted molar refractivity (Wildman–Crippen MR) is 94.6 cm³/mol. The smallest absolute Gasteiger partial charge is 0.268 e. The standard InChI is InChI=1S/C20H14N5/c1-2-4-15(5-3-1)24-18-11-22-9-7-17(18)25-19(24)13-23-12-14-10-21-8-6-16(14)20(23)25/h1-11,13H,12H2/q+1. The van der Waals surface area contributed by atoms with Crippen LogP contribution in [0.4, 0.5) is 0 Å². The minimum Gasteiger partial charge on any atom is -0.268 e. The molecule has 0 radical (unpaired) electrons. The molecule has 4 aromatic heterocycles. The molecular formula is C20H14N5+. The van der Waals surface area contributed by atoms with Crippen molar-refractivity contribution in [2.45, 2.75) is 6.54 Å². The number of imidazole rings is 2. The minimum atomic E-state index is 0.863. The molecule has 0 saturated carbocycles. The van der Waals surface area contributed by atoms with Crippen LogP contribution in [-0.4, -0.2) is 18.9 Å². The molecule has 118 valence electrons. The van der Waals surface area contributed by atoms with Crippen molar-refractivity contribution in [1.29, 1.82) is 0 Å². The maximum absolute atomic E-state index is 4.36. The van der Waals surface area contributed by atoms with Crippen molar-refractivity contribution in [1.82, 2.24) is 18.9 Å². The van der Waals surface area contributed by atoms with Crippen LogP contribution in [0.15, 0.2) is 73.4 Å². The maximum atomic E-state index is 4.36. The van der Waals surface area contributed by atoms with E-state index in [2.05, 4.69) is 66.1 Å². The molecule has 0 unspecified atom stereocenters. The molecule has 0 bridgehead atoms. The minimum absolute atomic E-state index is 0.863. The molecule has 25 heavy (non-hydrogen) atoms. The summed E-state index contributed by atoms with van der Waals surface area (Å²) in [7, 11) is 0. The summed E-state index contributed by atoms with van der Waals surface area (Å²) >= 11 is 0. The van der Waals surface area contributed by atoms with Crippen LogP contribution in [0.25, 0.3) is 33.8 Å². The van der Waals surface area contributed by atoms with Gasteiger partial charge >= 0.3 is 0 Å². The Labute approximate surface area is 143 Å². The maximum Gasteiger partial charge on any atom is 0.296 e. The van der Waals surface area contributed by atoms with Gasteiger partial charge in [0.1, 0.15) is 12.1 Å². The van der Waals surface area contributed by atoms with Crippen molar-refractivity contribution in [2.24, 2.45) is 0 Å². The van der Waals surface area contributed by atoms with Crippen LogP contribution in [0.5, 0.6) is 0 Å². The number of nitrogens with zero attached hydrogens (tertiary/aromatic N) is 5. The van der Waals surface area contributed by atoms with Crippen LogP contribution in [0.3, 0.4) is 0 Å². The summed E-state index contributed by atoms with van der Waals surface area (Å²) in [6.45, 7) is 0.863. The Morgan fingerprint density at radius 2 is 1.72 bits per heavy atom. The quantitative estimate of drug-likeness (QED) is 0.436. The fourth-order valence-electron chi connectivity index (χ4n) is 3.95. The highest BCUT2D eigenvalue weighted by molar-refractivity contribution is 5.85. The van der Waals surface area contributed by atoms with E-state index in [1.165, 1.54) is 17.0 Å². The van der Waals surface area contributed by atoms with Crippen molar-refractivity contribution in [3.8, 4) is 17.1 Å². The van der Waals surface area contributed by atoms with Gasteiger partial charge in [0.2, 0.25) is 0 Å². The molecule has 0 fully saturated rings. The van der Waals surface area contributed by atoms with E-state index in [0.717, 1.165) is 28.9 Å². The van der Waals surface area contributed by atoms with Crippen molar-refractivity contribution in [3.05, 3.63) is 79.0 Å². The number of rotatable bonds is 1. The number of para-hydroxylation sites is 1. The van der Waals surface area contributed by atoms with E-state index in [1.54, 1.807) is 0 Å². The molecule has 0 N–H and O–H groups in total. The highest BCUT2D eigenvalue weighted by Gasteiger charge is 2.33. The zero-order valence-electron chi connectivity index (χ0n) is 13.4. The lowest BCUT2D eigenvalue weighted by Crippen LogP contribution is -2.29. The second-order valence-corrected chi connectivity index (χ2v) is 6.34. The molecule has 6 rings (SSSR count). The Morgan fingerprint density at radius 3 is 2.64 bits per heavy atom. The van der Waals surface area contributed by atoms with Crippen molar-refractivity contribution in [3.63, 3.8) is 0 Å². The first-order valence-corrected chi connectivity index (χ1v) is 8.30. The van der Waals surface area contributed by atoms with Gasteiger partial charge < -0.3 is 0 Å². The van der Waals surface area contributed by atoms with Crippen LogP contribution in [-0.2, 0) is 6.54 Å². The highest BCUT2D eigenvalue weighted by Crippen LogP contribution is 2.32. The van der Waals surface area contributed by atoms with Crippen molar-refractivity contribution >= 4 is 16.7 Å². The monoisotopic (exact) mass is 324 g/mol. The fourth-order valence-corrected chi connectivity index (χ4v) is 3.95. The van der Waals surface area contributed by atoms with Gasteiger partial charge in [0.05, 0.1) is 11.8 Å². The summed E-state index contributed by atoms with van der Waals surface area (Å²) in [4.78, 5) is 8.64. The molecule has 5 heterocycles. The molecule has 0 spiro atoms. The van der Waals surface area contributed by atoms with E-state index in [0.29, 0.717) is 0 Å². The molecular weight excluding hydrogens is 310 g/mol. The topological polar surface area (TPSA) is 39.0 Å². The molecule has 0 saturated heterocycles. The third-order valence-electron chi connectivity index (χ3n) is 4.97. The summed E-state index contributed by atoms with van der Waals surface area (Å²) in [6.07, 6.45) is 9.85. The van der Waals surface area contributed by atoms with E-state index in [9.17, 15) is 0 Å². The van der Waals surface area contributed by atoms with E-state index in [-0.39, 0.29) is 0 Å². The zero-order chi connectivity index (χ0) is 16.4. The fraction of sp³-hybridized carbons (Fsp3) is 0.0500.